The third kappa shape index (κ3) is 5.22. The second-order valence-electron chi connectivity index (χ2n) is 4.82. The lowest BCUT2D eigenvalue weighted by Crippen LogP contribution is -2.50. The van der Waals surface area contributed by atoms with Gasteiger partial charge in [0.25, 0.3) is 0 Å². The Bertz CT molecular complexity index is 281. The molecule has 1 aliphatic heterocycles. The molecule has 1 unspecified atom stereocenters. The highest BCUT2D eigenvalue weighted by molar-refractivity contribution is 5.78. The van der Waals surface area contributed by atoms with E-state index in [-0.39, 0.29) is 12.5 Å². The normalized spacial score (nSPS) is 21.4. The van der Waals surface area contributed by atoms with Crippen LogP contribution in [0.5, 0.6) is 0 Å². The molecule has 7 heteroatoms. The van der Waals surface area contributed by atoms with Crippen molar-refractivity contribution in [2.45, 2.75) is 25.1 Å². The molecule has 106 valence electrons. The van der Waals surface area contributed by atoms with Gasteiger partial charge in [-0.1, -0.05) is 0 Å². The van der Waals surface area contributed by atoms with Crippen LogP contribution in [0.2, 0.25) is 0 Å². The summed E-state index contributed by atoms with van der Waals surface area (Å²) in [7, 11) is 3.89. The molecule has 18 heavy (non-hydrogen) atoms. The summed E-state index contributed by atoms with van der Waals surface area (Å²) in [6.45, 7) is -0.139. The summed E-state index contributed by atoms with van der Waals surface area (Å²) in [5.41, 5.74) is 0. The fourth-order valence-corrected chi connectivity index (χ4v) is 2.03. The van der Waals surface area contributed by atoms with Crippen LogP contribution in [-0.4, -0.2) is 68.2 Å². The molecule has 0 aromatic rings. The first kappa shape index (κ1) is 15.2. The summed E-state index contributed by atoms with van der Waals surface area (Å²) >= 11 is 0. The van der Waals surface area contributed by atoms with E-state index in [4.69, 9.17) is 0 Å². The van der Waals surface area contributed by atoms with Crippen LogP contribution in [-0.2, 0) is 4.79 Å². The maximum Gasteiger partial charge on any atom is 0.401 e. The van der Waals surface area contributed by atoms with Crippen LogP contribution in [0.4, 0.5) is 13.2 Å². The molecule has 1 amide bonds. The average Bonchev–Trinajstić information content (AvgIpc) is 2.27. The number of piperidine rings is 1. The Hall–Kier alpha value is -0.820. The van der Waals surface area contributed by atoms with Gasteiger partial charge in [0.15, 0.2) is 0 Å². The average molecular weight is 267 g/mol. The largest absolute Gasteiger partial charge is 0.401 e. The van der Waals surface area contributed by atoms with Gasteiger partial charge in [0.1, 0.15) is 0 Å². The highest BCUT2D eigenvalue weighted by atomic mass is 19.4. The van der Waals surface area contributed by atoms with Gasteiger partial charge in [0, 0.05) is 19.1 Å². The van der Waals surface area contributed by atoms with Crippen LogP contribution in [0, 0.1) is 0 Å². The maximum atomic E-state index is 11.9. The van der Waals surface area contributed by atoms with Crippen molar-refractivity contribution in [1.29, 1.82) is 0 Å². The Balaban J connectivity index is 2.33. The number of likely N-dealkylation sites (tertiary alicyclic amines) is 1. The van der Waals surface area contributed by atoms with Crippen molar-refractivity contribution in [2.24, 2.45) is 0 Å². The van der Waals surface area contributed by atoms with E-state index in [1.807, 2.05) is 19.0 Å². The summed E-state index contributed by atoms with van der Waals surface area (Å²) in [5.74, 6) is -0.259. The number of rotatable bonds is 4. The van der Waals surface area contributed by atoms with Crippen molar-refractivity contribution in [3.8, 4) is 0 Å². The van der Waals surface area contributed by atoms with Crippen LogP contribution in [0.1, 0.15) is 12.8 Å². The molecule has 1 fully saturated rings. The molecule has 0 aromatic carbocycles. The number of nitrogens with zero attached hydrogens (tertiary/aromatic N) is 2. The first-order valence-corrected chi connectivity index (χ1v) is 6.01. The standard InChI is InChI=1S/C11H20F3N3O/c1-16(2)9-4-3-5-17(7-9)10(18)6-15-8-11(12,13)14/h9,15H,3-8H2,1-2H3. The van der Waals surface area contributed by atoms with E-state index < -0.39 is 12.7 Å². The summed E-state index contributed by atoms with van der Waals surface area (Å²) in [6, 6.07) is 0.297. The number of nitrogens with one attached hydrogen (secondary N) is 1. The zero-order chi connectivity index (χ0) is 13.8. The van der Waals surface area contributed by atoms with E-state index in [0.717, 1.165) is 12.8 Å². The molecule has 1 saturated heterocycles. The fourth-order valence-electron chi connectivity index (χ4n) is 2.03. The Kier molecular flexibility index (Phi) is 5.40. The van der Waals surface area contributed by atoms with Crippen LogP contribution in [0.3, 0.4) is 0 Å². The first-order chi connectivity index (χ1) is 8.29. The minimum atomic E-state index is -4.27. The van der Waals surface area contributed by atoms with Gasteiger partial charge in [-0.25, -0.2) is 0 Å². The molecule has 1 heterocycles. The van der Waals surface area contributed by atoms with Gasteiger partial charge in [-0.05, 0) is 26.9 Å². The van der Waals surface area contributed by atoms with Gasteiger partial charge in [0.05, 0.1) is 13.1 Å². The molecule has 1 N–H and O–H groups in total. The van der Waals surface area contributed by atoms with E-state index in [0.29, 0.717) is 19.1 Å². The van der Waals surface area contributed by atoms with Crippen LogP contribution in [0.25, 0.3) is 0 Å². The van der Waals surface area contributed by atoms with Crippen molar-refractivity contribution in [3.05, 3.63) is 0 Å². The van der Waals surface area contributed by atoms with Crippen molar-refractivity contribution in [1.82, 2.24) is 15.1 Å². The molecule has 0 aliphatic carbocycles. The monoisotopic (exact) mass is 267 g/mol. The highest BCUT2D eigenvalue weighted by Gasteiger charge is 2.28. The SMILES string of the molecule is CN(C)C1CCCN(C(=O)CNCC(F)(F)F)C1. The molecule has 0 aromatic heterocycles. The molecular weight excluding hydrogens is 247 g/mol. The summed E-state index contributed by atoms with van der Waals surface area (Å²) in [6.07, 6.45) is -2.35. The number of carbonyl (C=O) groups excluding carboxylic acids is 1. The van der Waals surface area contributed by atoms with E-state index in [9.17, 15) is 18.0 Å². The topological polar surface area (TPSA) is 35.6 Å². The lowest BCUT2D eigenvalue weighted by molar-refractivity contribution is -0.135. The Morgan fingerprint density at radius 1 is 1.44 bits per heavy atom. The van der Waals surface area contributed by atoms with Crippen molar-refractivity contribution in [2.75, 3.05) is 40.3 Å². The number of carbonyl (C=O) groups is 1. The highest BCUT2D eigenvalue weighted by Crippen LogP contribution is 2.14. The number of halogens is 3. The quantitative estimate of drug-likeness (QED) is 0.814. The number of alkyl halides is 3. The molecule has 0 spiro atoms. The summed E-state index contributed by atoms with van der Waals surface area (Å²) in [4.78, 5) is 15.4. The smallest absolute Gasteiger partial charge is 0.340 e. The van der Waals surface area contributed by atoms with Gasteiger partial charge >= 0.3 is 6.18 Å². The van der Waals surface area contributed by atoms with Gasteiger partial charge in [-0.15, -0.1) is 0 Å². The van der Waals surface area contributed by atoms with E-state index in [1.54, 1.807) is 4.90 Å². The lowest BCUT2D eigenvalue weighted by atomic mass is 10.0. The third-order valence-corrected chi connectivity index (χ3v) is 3.08. The van der Waals surface area contributed by atoms with E-state index >= 15 is 0 Å². The second kappa shape index (κ2) is 6.38. The summed E-state index contributed by atoms with van der Waals surface area (Å²) < 4.78 is 35.8. The van der Waals surface area contributed by atoms with Crippen molar-refractivity contribution >= 4 is 5.91 Å². The maximum absolute atomic E-state index is 11.9. The number of amides is 1. The second-order valence-corrected chi connectivity index (χ2v) is 4.82. The van der Waals surface area contributed by atoms with Crippen molar-refractivity contribution in [3.63, 3.8) is 0 Å². The Morgan fingerprint density at radius 3 is 2.67 bits per heavy atom. The fraction of sp³-hybridized carbons (Fsp3) is 0.909. The van der Waals surface area contributed by atoms with Crippen LogP contribution < -0.4 is 5.32 Å². The molecule has 0 bridgehead atoms. The zero-order valence-electron chi connectivity index (χ0n) is 10.8. The minimum absolute atomic E-state index is 0.250. The molecular formula is C11H20F3N3O. The molecule has 0 saturated carbocycles. The van der Waals surface area contributed by atoms with Gasteiger partial charge in [-0.2, -0.15) is 13.2 Å². The summed E-state index contributed by atoms with van der Waals surface area (Å²) in [5, 5.41) is 2.14. The van der Waals surface area contributed by atoms with Crippen LogP contribution >= 0.6 is 0 Å². The van der Waals surface area contributed by atoms with Gasteiger partial charge in [-0.3, -0.25) is 4.79 Å². The predicted molar refractivity (Wildman–Crippen MR) is 62.2 cm³/mol. The van der Waals surface area contributed by atoms with Crippen molar-refractivity contribution < 1.29 is 18.0 Å². The number of hydrogen-bond donors (Lipinski definition) is 1. The number of hydrogen-bond acceptors (Lipinski definition) is 3. The lowest BCUT2D eigenvalue weighted by Gasteiger charge is -2.36. The third-order valence-electron chi connectivity index (χ3n) is 3.08. The zero-order valence-corrected chi connectivity index (χ0v) is 10.8. The molecule has 1 rings (SSSR count). The molecule has 4 nitrogen and oxygen atoms in total. The number of likely N-dealkylation sites (N-methyl/N-ethyl adjacent to an activating group) is 1. The predicted octanol–water partition coefficient (Wildman–Crippen LogP) is 0.691. The molecule has 0 radical (unpaired) electrons. The molecule has 1 atom stereocenters. The minimum Gasteiger partial charge on any atom is -0.340 e. The van der Waals surface area contributed by atoms with E-state index in [2.05, 4.69) is 5.32 Å². The van der Waals surface area contributed by atoms with Gasteiger partial charge < -0.3 is 15.1 Å². The van der Waals surface area contributed by atoms with Gasteiger partial charge in [0.2, 0.25) is 5.91 Å². The Morgan fingerprint density at radius 2 is 2.11 bits per heavy atom. The van der Waals surface area contributed by atoms with E-state index in [1.165, 1.54) is 0 Å². The first-order valence-electron chi connectivity index (χ1n) is 6.01. The van der Waals surface area contributed by atoms with Crippen LogP contribution in [0.15, 0.2) is 0 Å². The Labute approximate surface area is 105 Å². The molecule has 1 aliphatic rings.